The predicted molar refractivity (Wildman–Crippen MR) is 91.3 cm³/mol. The molecule has 2 unspecified atom stereocenters. The van der Waals surface area contributed by atoms with Crippen molar-refractivity contribution in [3.63, 3.8) is 0 Å². The van der Waals surface area contributed by atoms with Gasteiger partial charge in [-0.3, -0.25) is 9.59 Å². The molecule has 2 rings (SSSR count). The van der Waals surface area contributed by atoms with E-state index in [-0.39, 0.29) is 18.5 Å². The van der Waals surface area contributed by atoms with Gasteiger partial charge in [-0.05, 0) is 19.1 Å². The molecular formula is C16H20Cl2N2O4. The van der Waals surface area contributed by atoms with Crippen molar-refractivity contribution in [2.24, 2.45) is 5.92 Å². The Morgan fingerprint density at radius 3 is 2.62 bits per heavy atom. The van der Waals surface area contributed by atoms with Gasteiger partial charge in [-0.15, -0.1) is 0 Å². The van der Waals surface area contributed by atoms with Crippen molar-refractivity contribution in [3.05, 3.63) is 28.2 Å². The Hall–Kier alpha value is -1.50. The van der Waals surface area contributed by atoms with E-state index < -0.39 is 17.9 Å². The zero-order chi connectivity index (χ0) is 17.9. The number of likely N-dealkylation sites (tertiary alicyclic amines) is 1. The second-order valence-electron chi connectivity index (χ2n) is 5.87. The fraction of sp³-hybridized carbons (Fsp3) is 0.500. The largest absolute Gasteiger partial charge is 0.490 e. The van der Waals surface area contributed by atoms with E-state index >= 15 is 0 Å². The molecule has 1 aromatic rings. The first kappa shape index (κ1) is 18.8. The molecule has 0 saturated carbocycles. The van der Waals surface area contributed by atoms with Gasteiger partial charge in [0.15, 0.2) is 5.75 Å². The van der Waals surface area contributed by atoms with Crippen molar-refractivity contribution in [2.45, 2.75) is 25.5 Å². The Morgan fingerprint density at radius 1 is 1.46 bits per heavy atom. The molecule has 6 nitrogen and oxygen atoms in total. The van der Waals surface area contributed by atoms with Crippen molar-refractivity contribution in [1.29, 1.82) is 0 Å². The maximum absolute atomic E-state index is 12.2. The summed E-state index contributed by atoms with van der Waals surface area (Å²) in [6, 6.07) is 4.91. The maximum Gasteiger partial charge on any atom is 0.252 e. The number of amides is 2. The first-order chi connectivity index (χ1) is 11.3. The van der Waals surface area contributed by atoms with Crippen molar-refractivity contribution in [3.8, 4) is 5.75 Å². The van der Waals surface area contributed by atoms with E-state index in [1.165, 1.54) is 4.90 Å². The lowest BCUT2D eigenvalue weighted by molar-refractivity contribution is -0.137. The molecule has 0 spiro atoms. The van der Waals surface area contributed by atoms with Crippen LogP contribution in [0.1, 0.15) is 13.3 Å². The Labute approximate surface area is 150 Å². The van der Waals surface area contributed by atoms with Crippen LogP contribution < -0.4 is 10.1 Å². The number of hydrogen-bond donors (Lipinski definition) is 2. The molecule has 2 amide bonds. The Bertz CT molecular complexity index is 606. The number of aliphatic hydroxyl groups excluding tert-OH is 1. The number of nitrogens with zero attached hydrogens (tertiary/aromatic N) is 1. The molecule has 1 aromatic carbocycles. The summed E-state index contributed by atoms with van der Waals surface area (Å²) in [5, 5.41) is 13.4. The summed E-state index contributed by atoms with van der Waals surface area (Å²) in [6.45, 7) is 2.35. The van der Waals surface area contributed by atoms with Gasteiger partial charge in [-0.2, -0.15) is 0 Å². The van der Waals surface area contributed by atoms with Crippen LogP contribution in [0.25, 0.3) is 0 Å². The Kier molecular flexibility index (Phi) is 6.32. The van der Waals surface area contributed by atoms with E-state index in [1.54, 1.807) is 25.2 Å². The second-order valence-corrected chi connectivity index (χ2v) is 6.68. The molecule has 8 heteroatoms. The van der Waals surface area contributed by atoms with E-state index in [0.717, 1.165) is 0 Å². The number of aliphatic hydroxyl groups is 1. The Balaban J connectivity index is 1.80. The van der Waals surface area contributed by atoms with Crippen LogP contribution in [0.5, 0.6) is 5.75 Å². The molecule has 1 fully saturated rings. The summed E-state index contributed by atoms with van der Waals surface area (Å²) in [6.07, 6.45) is -0.750. The lowest BCUT2D eigenvalue weighted by Crippen LogP contribution is -2.42. The van der Waals surface area contributed by atoms with E-state index in [9.17, 15) is 14.7 Å². The Morgan fingerprint density at radius 2 is 2.08 bits per heavy atom. The zero-order valence-electron chi connectivity index (χ0n) is 13.5. The van der Waals surface area contributed by atoms with Crippen LogP contribution in [0, 0.1) is 5.92 Å². The molecule has 0 radical (unpaired) electrons. The van der Waals surface area contributed by atoms with E-state index in [2.05, 4.69) is 5.32 Å². The number of rotatable bonds is 6. The number of benzene rings is 1. The number of ether oxygens (including phenoxy) is 1. The molecule has 1 aliphatic heterocycles. The van der Waals surface area contributed by atoms with Gasteiger partial charge in [-0.25, -0.2) is 0 Å². The third kappa shape index (κ3) is 4.32. The van der Waals surface area contributed by atoms with Gasteiger partial charge < -0.3 is 20.1 Å². The zero-order valence-corrected chi connectivity index (χ0v) is 15.0. The summed E-state index contributed by atoms with van der Waals surface area (Å²) >= 11 is 12.0. The van der Waals surface area contributed by atoms with Crippen LogP contribution in [-0.4, -0.2) is 54.2 Å². The van der Waals surface area contributed by atoms with Crippen LogP contribution >= 0.6 is 23.2 Å². The van der Waals surface area contributed by atoms with Gasteiger partial charge in [0.1, 0.15) is 6.10 Å². The predicted octanol–water partition coefficient (Wildman–Crippen LogP) is 1.72. The number of carbonyl (C=O) groups is 2. The highest BCUT2D eigenvalue weighted by Crippen LogP contribution is 2.32. The molecule has 3 atom stereocenters. The van der Waals surface area contributed by atoms with Gasteiger partial charge in [0.05, 0.1) is 22.6 Å². The minimum absolute atomic E-state index is 0.188. The molecule has 0 aromatic heterocycles. The van der Waals surface area contributed by atoms with Crippen molar-refractivity contribution in [2.75, 3.05) is 20.2 Å². The quantitative estimate of drug-likeness (QED) is 0.794. The first-order valence-corrected chi connectivity index (χ1v) is 8.37. The minimum Gasteiger partial charge on any atom is -0.490 e. The van der Waals surface area contributed by atoms with E-state index in [4.69, 9.17) is 27.9 Å². The number of carbonyl (C=O) groups excluding carboxylic acids is 2. The maximum atomic E-state index is 12.2. The van der Waals surface area contributed by atoms with Crippen LogP contribution in [0.4, 0.5) is 0 Å². The monoisotopic (exact) mass is 374 g/mol. The van der Waals surface area contributed by atoms with Crippen LogP contribution in [-0.2, 0) is 9.59 Å². The summed E-state index contributed by atoms with van der Waals surface area (Å²) in [5.74, 6) is -1.11. The lowest BCUT2D eigenvalue weighted by atomic mass is 10.0. The van der Waals surface area contributed by atoms with Gasteiger partial charge >= 0.3 is 0 Å². The van der Waals surface area contributed by atoms with Gasteiger partial charge in [0.25, 0.3) is 5.91 Å². The molecule has 0 bridgehead atoms. The van der Waals surface area contributed by atoms with Gasteiger partial charge in [0.2, 0.25) is 5.91 Å². The standard InChI is InChI=1S/C16H20Cl2N2O4/c1-9(6-7-24-14-11(17)4-3-5-12(14)18)19-15(22)10-8-20(2)16(23)13(10)21/h3-5,9-10,13,21H,6-8H2,1-2H3,(H,19,22)/t9?,10-,13?/m1/s1. The molecule has 0 aliphatic carbocycles. The highest BCUT2D eigenvalue weighted by atomic mass is 35.5. The molecule has 1 heterocycles. The van der Waals surface area contributed by atoms with Crippen molar-refractivity contribution >= 4 is 35.0 Å². The SMILES string of the molecule is CC(CCOc1c(Cl)cccc1Cl)NC(=O)[C@@H]1CN(C)C(=O)C1O. The van der Waals surface area contributed by atoms with Gasteiger partial charge in [0, 0.05) is 26.1 Å². The fourth-order valence-electron chi connectivity index (χ4n) is 2.49. The third-order valence-corrected chi connectivity index (χ3v) is 4.52. The smallest absolute Gasteiger partial charge is 0.252 e. The number of nitrogens with one attached hydrogen (secondary N) is 1. The number of likely N-dealkylation sites (N-methyl/N-ethyl adjacent to an activating group) is 1. The fourth-order valence-corrected chi connectivity index (χ4v) is 3.00. The normalized spacial score (nSPS) is 21.7. The molecule has 1 aliphatic rings. The topological polar surface area (TPSA) is 78.9 Å². The third-order valence-electron chi connectivity index (χ3n) is 3.92. The van der Waals surface area contributed by atoms with Crippen LogP contribution in [0.2, 0.25) is 10.0 Å². The minimum atomic E-state index is -1.28. The van der Waals surface area contributed by atoms with Crippen molar-refractivity contribution in [1.82, 2.24) is 10.2 Å². The highest BCUT2D eigenvalue weighted by molar-refractivity contribution is 6.37. The van der Waals surface area contributed by atoms with E-state index in [0.29, 0.717) is 28.8 Å². The first-order valence-electron chi connectivity index (χ1n) is 7.61. The van der Waals surface area contributed by atoms with Gasteiger partial charge in [-0.1, -0.05) is 29.3 Å². The molecule has 1 saturated heterocycles. The molecule has 132 valence electrons. The van der Waals surface area contributed by atoms with Crippen molar-refractivity contribution < 1.29 is 19.4 Å². The molecule has 2 N–H and O–H groups in total. The number of para-hydroxylation sites is 1. The summed E-state index contributed by atoms with van der Waals surface area (Å²) in [5.41, 5.74) is 0. The summed E-state index contributed by atoms with van der Waals surface area (Å²) < 4.78 is 5.57. The lowest BCUT2D eigenvalue weighted by Gasteiger charge is -2.18. The highest BCUT2D eigenvalue weighted by Gasteiger charge is 2.41. The number of halogens is 2. The average Bonchev–Trinajstić information content (AvgIpc) is 2.78. The van der Waals surface area contributed by atoms with Crippen LogP contribution in [0.3, 0.4) is 0 Å². The summed E-state index contributed by atoms with van der Waals surface area (Å²) in [4.78, 5) is 25.1. The molecule has 24 heavy (non-hydrogen) atoms. The molecular weight excluding hydrogens is 355 g/mol. The van der Waals surface area contributed by atoms with E-state index in [1.807, 2.05) is 6.92 Å². The summed E-state index contributed by atoms with van der Waals surface area (Å²) in [7, 11) is 1.56. The average molecular weight is 375 g/mol. The number of hydrogen-bond acceptors (Lipinski definition) is 4. The second kappa shape index (κ2) is 8.05. The van der Waals surface area contributed by atoms with Crippen LogP contribution in [0.15, 0.2) is 18.2 Å².